The first kappa shape index (κ1) is 13.7. The molecular formula is C14H16ClIN2. The van der Waals surface area contributed by atoms with Crippen LogP contribution in [0.3, 0.4) is 0 Å². The van der Waals surface area contributed by atoms with Crippen molar-refractivity contribution in [3.8, 4) is 0 Å². The molecule has 2 aromatic rings. The van der Waals surface area contributed by atoms with Gasteiger partial charge in [0.1, 0.15) is 0 Å². The molecule has 1 aromatic heterocycles. The highest BCUT2D eigenvalue weighted by molar-refractivity contribution is 14.1. The van der Waals surface area contributed by atoms with Crippen molar-refractivity contribution in [1.82, 2.24) is 4.57 Å². The largest absolute Gasteiger partial charge is 0.380 e. The molecule has 1 heterocycles. The molecule has 0 aliphatic heterocycles. The number of benzene rings is 1. The topological polar surface area (TPSA) is 17.0 Å². The summed E-state index contributed by atoms with van der Waals surface area (Å²) in [5, 5.41) is 4.14. The summed E-state index contributed by atoms with van der Waals surface area (Å²) in [6.45, 7) is 4.06. The van der Waals surface area contributed by atoms with Gasteiger partial charge in [-0.1, -0.05) is 18.5 Å². The third kappa shape index (κ3) is 3.65. The number of aryl methyl sites for hydroxylation is 1. The normalized spacial score (nSPS) is 10.6. The molecule has 96 valence electrons. The van der Waals surface area contributed by atoms with E-state index in [9.17, 15) is 0 Å². The van der Waals surface area contributed by atoms with E-state index in [-0.39, 0.29) is 0 Å². The second-order valence-corrected chi connectivity index (χ2v) is 5.89. The number of rotatable bonds is 5. The molecule has 0 spiro atoms. The molecular weight excluding hydrogens is 359 g/mol. The Hall–Kier alpha value is -0.680. The molecule has 0 fully saturated rings. The molecule has 0 saturated carbocycles. The minimum absolute atomic E-state index is 0.773. The smallest absolute Gasteiger partial charge is 0.0648 e. The van der Waals surface area contributed by atoms with E-state index in [2.05, 4.69) is 63.9 Å². The van der Waals surface area contributed by atoms with E-state index in [0.717, 1.165) is 33.8 Å². The molecule has 0 amide bonds. The first-order valence-electron chi connectivity index (χ1n) is 6.02. The molecule has 0 radical (unpaired) electrons. The maximum atomic E-state index is 6.18. The average Bonchev–Trinajstić information content (AvgIpc) is 2.76. The summed E-state index contributed by atoms with van der Waals surface area (Å²) in [4.78, 5) is 0. The summed E-state index contributed by atoms with van der Waals surface area (Å²) in [5.41, 5.74) is 2.26. The zero-order valence-corrected chi connectivity index (χ0v) is 13.2. The lowest BCUT2D eigenvalue weighted by Crippen LogP contribution is -1.99. The summed E-state index contributed by atoms with van der Waals surface area (Å²) in [5.74, 6) is 0. The maximum absolute atomic E-state index is 6.18. The van der Waals surface area contributed by atoms with Crippen molar-refractivity contribution in [2.75, 3.05) is 5.32 Å². The fourth-order valence-electron chi connectivity index (χ4n) is 1.82. The van der Waals surface area contributed by atoms with Crippen LogP contribution in [0.4, 0.5) is 5.69 Å². The van der Waals surface area contributed by atoms with Crippen molar-refractivity contribution in [3.05, 3.63) is 50.8 Å². The number of nitrogens with one attached hydrogen (secondary N) is 1. The Morgan fingerprint density at radius 2 is 2.17 bits per heavy atom. The SMILES string of the molecule is CCCn1ccc(CNc2ccc(I)cc2Cl)c1. The number of hydrogen-bond acceptors (Lipinski definition) is 1. The molecule has 0 saturated heterocycles. The van der Waals surface area contributed by atoms with Gasteiger partial charge >= 0.3 is 0 Å². The number of aromatic nitrogens is 1. The van der Waals surface area contributed by atoms with Crippen molar-refractivity contribution in [1.29, 1.82) is 0 Å². The van der Waals surface area contributed by atoms with Crippen LogP contribution >= 0.6 is 34.2 Å². The van der Waals surface area contributed by atoms with Gasteiger partial charge in [-0.15, -0.1) is 0 Å². The van der Waals surface area contributed by atoms with E-state index in [1.165, 1.54) is 5.56 Å². The predicted molar refractivity (Wildman–Crippen MR) is 86.2 cm³/mol. The molecule has 1 N–H and O–H groups in total. The van der Waals surface area contributed by atoms with Crippen LogP contribution in [0.15, 0.2) is 36.7 Å². The Morgan fingerprint density at radius 3 is 2.89 bits per heavy atom. The van der Waals surface area contributed by atoms with Crippen LogP contribution in [0.2, 0.25) is 5.02 Å². The maximum Gasteiger partial charge on any atom is 0.0648 e. The van der Waals surface area contributed by atoms with Gasteiger partial charge in [-0.2, -0.15) is 0 Å². The van der Waals surface area contributed by atoms with Crippen LogP contribution in [0, 0.1) is 3.57 Å². The number of nitrogens with zero attached hydrogens (tertiary/aromatic N) is 1. The highest BCUT2D eigenvalue weighted by atomic mass is 127. The van der Waals surface area contributed by atoms with Crippen molar-refractivity contribution < 1.29 is 0 Å². The van der Waals surface area contributed by atoms with Crippen LogP contribution in [-0.4, -0.2) is 4.57 Å². The summed E-state index contributed by atoms with van der Waals surface area (Å²) >= 11 is 8.44. The van der Waals surface area contributed by atoms with Crippen LogP contribution in [0.25, 0.3) is 0 Å². The van der Waals surface area contributed by atoms with Crippen LogP contribution in [-0.2, 0) is 13.1 Å². The summed E-state index contributed by atoms with van der Waals surface area (Å²) in [6.07, 6.45) is 5.46. The minimum atomic E-state index is 0.773. The lowest BCUT2D eigenvalue weighted by Gasteiger charge is -2.07. The summed E-state index contributed by atoms with van der Waals surface area (Å²) in [6, 6.07) is 8.18. The summed E-state index contributed by atoms with van der Waals surface area (Å²) in [7, 11) is 0. The fourth-order valence-corrected chi connectivity index (χ4v) is 2.75. The highest BCUT2D eigenvalue weighted by Gasteiger charge is 2.01. The molecule has 0 bridgehead atoms. The Labute approximate surface area is 126 Å². The van der Waals surface area contributed by atoms with Gasteiger partial charge in [0, 0.05) is 29.1 Å². The first-order chi connectivity index (χ1) is 8.69. The summed E-state index contributed by atoms with van der Waals surface area (Å²) < 4.78 is 3.37. The third-order valence-electron chi connectivity index (χ3n) is 2.71. The molecule has 1 aromatic carbocycles. The number of halogens is 2. The van der Waals surface area contributed by atoms with Crippen molar-refractivity contribution >= 4 is 39.9 Å². The Bertz CT molecular complexity index is 522. The fraction of sp³-hybridized carbons (Fsp3) is 0.286. The van der Waals surface area contributed by atoms with Gasteiger partial charge in [0.05, 0.1) is 10.7 Å². The van der Waals surface area contributed by atoms with Crippen molar-refractivity contribution in [2.24, 2.45) is 0 Å². The second-order valence-electron chi connectivity index (χ2n) is 4.24. The predicted octanol–water partition coefficient (Wildman–Crippen LogP) is 4.77. The minimum Gasteiger partial charge on any atom is -0.380 e. The van der Waals surface area contributed by atoms with E-state index in [1.807, 2.05) is 12.1 Å². The van der Waals surface area contributed by atoms with Gasteiger partial charge < -0.3 is 9.88 Å². The molecule has 0 atom stereocenters. The van der Waals surface area contributed by atoms with E-state index in [0.29, 0.717) is 0 Å². The molecule has 0 unspecified atom stereocenters. The first-order valence-corrected chi connectivity index (χ1v) is 7.48. The highest BCUT2D eigenvalue weighted by Crippen LogP contribution is 2.24. The molecule has 2 nitrogen and oxygen atoms in total. The van der Waals surface area contributed by atoms with Gasteiger partial charge in [0.2, 0.25) is 0 Å². The second kappa shape index (κ2) is 6.48. The lowest BCUT2D eigenvalue weighted by atomic mass is 10.3. The van der Waals surface area contributed by atoms with Gasteiger partial charge in [0.25, 0.3) is 0 Å². The molecule has 0 aliphatic carbocycles. The molecule has 4 heteroatoms. The van der Waals surface area contributed by atoms with Crippen LogP contribution < -0.4 is 5.32 Å². The quantitative estimate of drug-likeness (QED) is 0.746. The van der Waals surface area contributed by atoms with Crippen molar-refractivity contribution in [2.45, 2.75) is 26.4 Å². The third-order valence-corrected chi connectivity index (χ3v) is 3.69. The molecule has 2 rings (SSSR count). The van der Waals surface area contributed by atoms with Gasteiger partial charge in [-0.05, 0) is 58.8 Å². The molecule has 0 aliphatic rings. The zero-order chi connectivity index (χ0) is 13.0. The lowest BCUT2D eigenvalue weighted by molar-refractivity contribution is 0.682. The van der Waals surface area contributed by atoms with Gasteiger partial charge in [0.15, 0.2) is 0 Å². The van der Waals surface area contributed by atoms with E-state index in [4.69, 9.17) is 11.6 Å². The van der Waals surface area contributed by atoms with Gasteiger partial charge in [-0.25, -0.2) is 0 Å². The molecule has 18 heavy (non-hydrogen) atoms. The Morgan fingerprint density at radius 1 is 1.33 bits per heavy atom. The van der Waals surface area contributed by atoms with Gasteiger partial charge in [-0.3, -0.25) is 0 Å². The standard InChI is InChI=1S/C14H16ClIN2/c1-2-6-18-7-5-11(10-18)9-17-14-4-3-12(16)8-13(14)15/h3-5,7-8,10,17H,2,6,9H2,1H3. The average molecular weight is 375 g/mol. The van der Waals surface area contributed by atoms with Crippen LogP contribution in [0.5, 0.6) is 0 Å². The Balaban J connectivity index is 1.97. The van der Waals surface area contributed by atoms with E-state index in [1.54, 1.807) is 0 Å². The number of hydrogen-bond donors (Lipinski definition) is 1. The Kier molecular flexibility index (Phi) is 4.95. The van der Waals surface area contributed by atoms with Crippen LogP contribution in [0.1, 0.15) is 18.9 Å². The number of anilines is 1. The van der Waals surface area contributed by atoms with E-state index < -0.39 is 0 Å². The van der Waals surface area contributed by atoms with E-state index >= 15 is 0 Å². The van der Waals surface area contributed by atoms with Crippen molar-refractivity contribution in [3.63, 3.8) is 0 Å². The monoisotopic (exact) mass is 374 g/mol. The zero-order valence-electron chi connectivity index (χ0n) is 10.3.